The zero-order valence-corrected chi connectivity index (χ0v) is 13.1. The number of amides is 1. The molecule has 0 bridgehead atoms. The van der Waals surface area contributed by atoms with Gasteiger partial charge >= 0.3 is 0 Å². The van der Waals surface area contributed by atoms with Gasteiger partial charge in [-0.2, -0.15) is 0 Å². The Balaban J connectivity index is 1.58. The smallest absolute Gasteiger partial charge is 0.253 e. The maximum atomic E-state index is 12.6. The molecular weight excluding hydrogens is 290 g/mol. The number of hydrogen-bond donors (Lipinski definition) is 0. The number of anilines is 1. The third kappa shape index (κ3) is 2.77. The number of likely N-dealkylation sites (tertiary alicyclic amines) is 1. The normalized spacial score (nSPS) is 21.8. The molecule has 0 aliphatic carbocycles. The molecule has 4 rings (SSSR count). The Morgan fingerprint density at radius 3 is 2.83 bits per heavy atom. The molecule has 1 atom stereocenters. The van der Waals surface area contributed by atoms with Crippen LogP contribution in [0.4, 0.5) is 5.69 Å². The van der Waals surface area contributed by atoms with Crippen LogP contribution in [0.2, 0.25) is 0 Å². The molecule has 5 nitrogen and oxygen atoms in total. The van der Waals surface area contributed by atoms with Crippen LogP contribution >= 0.6 is 0 Å². The lowest BCUT2D eigenvalue weighted by Gasteiger charge is -2.35. The fraction of sp³-hybridized carbons (Fsp3) is 0.444. The third-order valence-corrected chi connectivity index (χ3v) is 4.73. The Morgan fingerprint density at radius 2 is 1.96 bits per heavy atom. The number of aromatic nitrogens is 1. The van der Waals surface area contributed by atoms with E-state index in [1.54, 1.807) is 0 Å². The molecule has 2 aliphatic rings. The van der Waals surface area contributed by atoms with Crippen molar-refractivity contribution in [3.8, 4) is 0 Å². The van der Waals surface area contributed by atoms with Crippen molar-refractivity contribution < 1.29 is 9.53 Å². The Kier molecular flexibility index (Phi) is 3.87. The van der Waals surface area contributed by atoms with Gasteiger partial charge in [-0.05, 0) is 25.0 Å². The molecule has 1 amide bonds. The summed E-state index contributed by atoms with van der Waals surface area (Å²) in [6, 6.07) is 10.2. The number of rotatable bonds is 2. The summed E-state index contributed by atoms with van der Waals surface area (Å²) in [6.07, 6.45) is 3.70. The van der Waals surface area contributed by atoms with E-state index in [9.17, 15) is 4.79 Å². The van der Waals surface area contributed by atoms with E-state index in [2.05, 4.69) is 16.0 Å². The van der Waals surface area contributed by atoms with E-state index < -0.39 is 0 Å². The minimum atomic E-state index is -0.353. The number of carbonyl (C=O) groups is 1. The van der Waals surface area contributed by atoms with E-state index in [4.69, 9.17) is 4.74 Å². The van der Waals surface area contributed by atoms with Crippen LogP contribution in [-0.4, -0.2) is 54.7 Å². The topological polar surface area (TPSA) is 45.7 Å². The summed E-state index contributed by atoms with van der Waals surface area (Å²) in [5.74, 6) is 0.144. The standard InChI is InChI=1S/C18H21N3O2/c22-18(20-9-3-4-10-20)17-13-21(11-12-23-17)16-7-8-19-15-6-2-1-5-14(15)16/h1-2,5-8,17H,3-4,9-13H2. The summed E-state index contributed by atoms with van der Waals surface area (Å²) in [5.41, 5.74) is 2.12. The minimum Gasteiger partial charge on any atom is -0.365 e. The third-order valence-electron chi connectivity index (χ3n) is 4.73. The molecule has 2 saturated heterocycles. The van der Waals surface area contributed by atoms with E-state index >= 15 is 0 Å². The van der Waals surface area contributed by atoms with Crippen molar-refractivity contribution in [3.05, 3.63) is 36.5 Å². The van der Waals surface area contributed by atoms with Crippen molar-refractivity contribution in [2.45, 2.75) is 18.9 Å². The summed E-state index contributed by atoms with van der Waals surface area (Å²) in [4.78, 5) is 21.2. The Bertz CT molecular complexity index is 707. The van der Waals surface area contributed by atoms with Gasteiger partial charge in [0.2, 0.25) is 0 Å². The lowest BCUT2D eigenvalue weighted by molar-refractivity contribution is -0.143. The van der Waals surface area contributed by atoms with Crippen molar-refractivity contribution in [3.63, 3.8) is 0 Å². The molecule has 1 aromatic carbocycles. The van der Waals surface area contributed by atoms with E-state index in [-0.39, 0.29) is 12.0 Å². The quantitative estimate of drug-likeness (QED) is 0.852. The zero-order valence-electron chi connectivity index (χ0n) is 13.1. The summed E-state index contributed by atoms with van der Waals surface area (Å²) in [7, 11) is 0. The van der Waals surface area contributed by atoms with Crippen LogP contribution in [0.1, 0.15) is 12.8 Å². The number of morpholine rings is 1. The van der Waals surface area contributed by atoms with Gasteiger partial charge in [0.05, 0.1) is 18.7 Å². The first-order valence-corrected chi connectivity index (χ1v) is 8.32. The number of ether oxygens (including phenoxy) is 1. The van der Waals surface area contributed by atoms with E-state index in [1.807, 2.05) is 35.4 Å². The maximum Gasteiger partial charge on any atom is 0.253 e. The number of hydrogen-bond acceptors (Lipinski definition) is 4. The molecular formula is C18H21N3O2. The molecule has 2 aliphatic heterocycles. The highest BCUT2D eigenvalue weighted by Crippen LogP contribution is 2.27. The number of para-hydroxylation sites is 1. The predicted molar refractivity (Wildman–Crippen MR) is 89.5 cm³/mol. The zero-order chi connectivity index (χ0) is 15.6. The average Bonchev–Trinajstić information content (AvgIpc) is 3.15. The van der Waals surface area contributed by atoms with Gasteiger partial charge in [0, 0.05) is 36.9 Å². The van der Waals surface area contributed by atoms with Crippen molar-refractivity contribution in [2.24, 2.45) is 0 Å². The molecule has 2 aromatic rings. The van der Waals surface area contributed by atoms with Crippen LogP contribution in [0.5, 0.6) is 0 Å². The van der Waals surface area contributed by atoms with Gasteiger partial charge in [-0.25, -0.2) is 0 Å². The van der Waals surface area contributed by atoms with Crippen LogP contribution in [0.3, 0.4) is 0 Å². The van der Waals surface area contributed by atoms with Gasteiger partial charge in [-0.1, -0.05) is 18.2 Å². The largest absolute Gasteiger partial charge is 0.365 e. The van der Waals surface area contributed by atoms with Gasteiger partial charge in [0.1, 0.15) is 0 Å². The minimum absolute atomic E-state index is 0.144. The van der Waals surface area contributed by atoms with Gasteiger partial charge in [0.15, 0.2) is 6.10 Å². The lowest BCUT2D eigenvalue weighted by atomic mass is 10.1. The van der Waals surface area contributed by atoms with Gasteiger partial charge < -0.3 is 14.5 Å². The summed E-state index contributed by atoms with van der Waals surface area (Å²) in [5, 5.41) is 1.13. The number of pyridine rings is 1. The molecule has 5 heteroatoms. The summed E-state index contributed by atoms with van der Waals surface area (Å²) in [6.45, 7) is 3.75. The highest BCUT2D eigenvalue weighted by atomic mass is 16.5. The second kappa shape index (κ2) is 6.16. The fourth-order valence-electron chi connectivity index (χ4n) is 3.52. The molecule has 0 N–H and O–H groups in total. The molecule has 1 unspecified atom stereocenters. The van der Waals surface area contributed by atoms with Crippen molar-refractivity contribution in [1.82, 2.24) is 9.88 Å². The molecule has 2 fully saturated rings. The van der Waals surface area contributed by atoms with Crippen molar-refractivity contribution in [2.75, 3.05) is 37.7 Å². The van der Waals surface area contributed by atoms with Crippen LogP contribution in [0.25, 0.3) is 10.9 Å². The first-order chi connectivity index (χ1) is 11.3. The van der Waals surface area contributed by atoms with Crippen LogP contribution in [-0.2, 0) is 9.53 Å². The molecule has 23 heavy (non-hydrogen) atoms. The lowest BCUT2D eigenvalue weighted by Crippen LogP contribution is -2.50. The van der Waals surface area contributed by atoms with Crippen molar-refractivity contribution >= 4 is 22.5 Å². The molecule has 3 heterocycles. The van der Waals surface area contributed by atoms with Gasteiger partial charge in [-0.3, -0.25) is 9.78 Å². The van der Waals surface area contributed by atoms with E-state index in [1.165, 1.54) is 0 Å². The first kappa shape index (κ1) is 14.5. The molecule has 0 spiro atoms. The highest BCUT2D eigenvalue weighted by Gasteiger charge is 2.31. The number of fused-ring (bicyclic) bond motifs is 1. The van der Waals surface area contributed by atoms with Crippen LogP contribution in [0, 0.1) is 0 Å². The number of carbonyl (C=O) groups excluding carboxylic acids is 1. The SMILES string of the molecule is O=C(C1CN(c2ccnc3ccccc23)CCO1)N1CCCC1. The Morgan fingerprint density at radius 1 is 1.13 bits per heavy atom. The van der Waals surface area contributed by atoms with Crippen LogP contribution < -0.4 is 4.90 Å². The molecule has 0 saturated carbocycles. The number of benzene rings is 1. The summed E-state index contributed by atoms with van der Waals surface area (Å²) < 4.78 is 5.77. The van der Waals surface area contributed by atoms with Gasteiger partial charge in [0.25, 0.3) is 5.91 Å². The van der Waals surface area contributed by atoms with Crippen LogP contribution in [0.15, 0.2) is 36.5 Å². The maximum absolute atomic E-state index is 12.6. The van der Waals surface area contributed by atoms with Gasteiger partial charge in [-0.15, -0.1) is 0 Å². The second-order valence-electron chi connectivity index (χ2n) is 6.19. The number of nitrogens with zero attached hydrogens (tertiary/aromatic N) is 3. The Labute approximate surface area is 135 Å². The molecule has 0 radical (unpaired) electrons. The summed E-state index contributed by atoms with van der Waals surface area (Å²) >= 11 is 0. The molecule has 1 aromatic heterocycles. The van der Waals surface area contributed by atoms with Crippen molar-refractivity contribution in [1.29, 1.82) is 0 Å². The van der Waals surface area contributed by atoms with E-state index in [0.717, 1.165) is 49.1 Å². The average molecular weight is 311 g/mol. The Hall–Kier alpha value is -2.14. The first-order valence-electron chi connectivity index (χ1n) is 8.32. The fourth-order valence-corrected chi connectivity index (χ4v) is 3.52. The monoisotopic (exact) mass is 311 g/mol. The second-order valence-corrected chi connectivity index (χ2v) is 6.19. The van der Waals surface area contributed by atoms with E-state index in [0.29, 0.717) is 13.2 Å². The molecule has 120 valence electrons. The predicted octanol–water partition coefficient (Wildman–Crippen LogP) is 2.06. The highest BCUT2D eigenvalue weighted by molar-refractivity contribution is 5.92.